The highest BCUT2D eigenvalue weighted by Gasteiger charge is 2.28. The summed E-state index contributed by atoms with van der Waals surface area (Å²) in [7, 11) is 1.52. The van der Waals surface area contributed by atoms with Crippen LogP contribution in [0.5, 0.6) is 5.75 Å². The molecule has 1 aromatic carbocycles. The molecule has 1 aromatic rings. The number of rotatable bonds is 6. The van der Waals surface area contributed by atoms with Crippen molar-refractivity contribution in [1.82, 2.24) is 0 Å². The minimum absolute atomic E-state index is 0.144. The maximum absolute atomic E-state index is 11.6. The zero-order valence-electron chi connectivity index (χ0n) is 10.7. The van der Waals surface area contributed by atoms with Crippen molar-refractivity contribution in [3.63, 3.8) is 0 Å². The third-order valence-corrected chi connectivity index (χ3v) is 2.46. The molecule has 0 radical (unpaired) electrons. The molecule has 1 rings (SSSR count). The fraction of sp³-hybridized carbons (Fsp3) is 0.417. The van der Waals surface area contributed by atoms with E-state index in [1.807, 2.05) is 0 Å². The van der Waals surface area contributed by atoms with Crippen LogP contribution in [0.2, 0.25) is 0 Å². The number of carbonyl (C=O) groups is 1. The molecule has 0 aliphatic heterocycles. The second-order valence-corrected chi connectivity index (χ2v) is 3.62. The topological polar surface area (TPSA) is 105 Å². The fourth-order valence-corrected chi connectivity index (χ4v) is 1.51. The summed E-state index contributed by atoms with van der Waals surface area (Å²) >= 11 is 0. The molecule has 19 heavy (non-hydrogen) atoms. The molecule has 2 atom stereocenters. The van der Waals surface area contributed by atoms with Gasteiger partial charge in [0.15, 0.2) is 6.04 Å². The lowest BCUT2D eigenvalue weighted by Crippen LogP contribution is -2.28. The molecule has 0 aliphatic rings. The Bertz CT molecular complexity index is 468. The first kappa shape index (κ1) is 14.8. The first-order valence-corrected chi connectivity index (χ1v) is 5.66. The number of aliphatic hydroxyl groups is 1. The Kier molecular flexibility index (Phi) is 5.66. The number of methoxy groups -OCH3 is 1. The number of nitrogens with zero attached hydrogens (tertiary/aromatic N) is 3. The highest BCUT2D eigenvalue weighted by molar-refractivity contribution is 5.77. The number of hydrogen-bond acceptors (Lipinski definition) is 5. The molecule has 0 spiro atoms. The van der Waals surface area contributed by atoms with Gasteiger partial charge in [0.1, 0.15) is 5.75 Å². The number of carbonyl (C=O) groups excluding carboxylic acids is 1. The van der Waals surface area contributed by atoms with E-state index in [1.54, 1.807) is 31.2 Å². The number of hydrogen-bond donors (Lipinski definition) is 1. The molecular formula is C12H15N3O4. The summed E-state index contributed by atoms with van der Waals surface area (Å²) in [5.41, 5.74) is 8.89. The van der Waals surface area contributed by atoms with Gasteiger partial charge in [0, 0.05) is 4.91 Å². The summed E-state index contributed by atoms with van der Waals surface area (Å²) in [4.78, 5) is 14.2. The van der Waals surface area contributed by atoms with Gasteiger partial charge in [-0.3, -0.25) is 4.79 Å². The molecule has 0 unspecified atom stereocenters. The van der Waals surface area contributed by atoms with E-state index in [4.69, 9.17) is 15.0 Å². The summed E-state index contributed by atoms with van der Waals surface area (Å²) in [6.45, 7) is 1.77. The van der Waals surface area contributed by atoms with Crippen LogP contribution in [0.4, 0.5) is 0 Å². The van der Waals surface area contributed by atoms with Crippen LogP contribution in [0.1, 0.15) is 18.6 Å². The minimum Gasteiger partial charge on any atom is -0.497 e. The average Bonchev–Trinajstić information content (AvgIpc) is 2.44. The molecule has 0 aliphatic carbocycles. The van der Waals surface area contributed by atoms with Gasteiger partial charge < -0.3 is 14.6 Å². The third-order valence-electron chi connectivity index (χ3n) is 2.46. The molecule has 0 fully saturated rings. The predicted molar refractivity (Wildman–Crippen MR) is 67.5 cm³/mol. The molecule has 1 N–H and O–H groups in total. The summed E-state index contributed by atoms with van der Waals surface area (Å²) in [6.07, 6.45) is -1.26. The summed E-state index contributed by atoms with van der Waals surface area (Å²) in [6, 6.07) is 5.14. The van der Waals surface area contributed by atoms with E-state index in [0.717, 1.165) is 0 Å². The molecule has 0 aromatic heterocycles. The SMILES string of the molecule is CCOC(=O)[C@H](N=[N+]=[N-])[C@H](O)c1ccc(OC)cc1. The number of azide groups is 1. The van der Waals surface area contributed by atoms with Crippen molar-refractivity contribution in [2.75, 3.05) is 13.7 Å². The summed E-state index contributed by atoms with van der Waals surface area (Å²) in [5.74, 6) is -0.143. The van der Waals surface area contributed by atoms with Gasteiger partial charge in [-0.1, -0.05) is 17.2 Å². The highest BCUT2D eigenvalue weighted by atomic mass is 16.5. The predicted octanol–water partition coefficient (Wildman–Crippen LogP) is 1.97. The Morgan fingerprint density at radius 3 is 2.58 bits per heavy atom. The number of benzene rings is 1. The zero-order valence-corrected chi connectivity index (χ0v) is 10.7. The van der Waals surface area contributed by atoms with Gasteiger partial charge in [0.2, 0.25) is 0 Å². The first-order valence-electron chi connectivity index (χ1n) is 5.66. The van der Waals surface area contributed by atoms with Crippen molar-refractivity contribution in [2.24, 2.45) is 5.11 Å². The van der Waals surface area contributed by atoms with Crippen LogP contribution in [0.15, 0.2) is 29.4 Å². The quantitative estimate of drug-likeness (QED) is 0.367. The summed E-state index contributed by atoms with van der Waals surface area (Å²) < 4.78 is 9.74. The normalized spacial score (nSPS) is 13.0. The van der Waals surface area contributed by atoms with Crippen molar-refractivity contribution in [1.29, 1.82) is 0 Å². The van der Waals surface area contributed by atoms with E-state index >= 15 is 0 Å². The Morgan fingerprint density at radius 1 is 1.47 bits per heavy atom. The van der Waals surface area contributed by atoms with E-state index in [9.17, 15) is 9.90 Å². The number of aliphatic hydroxyl groups excluding tert-OH is 1. The Labute approximate surface area is 110 Å². The Balaban J connectivity index is 2.94. The van der Waals surface area contributed by atoms with Crippen molar-refractivity contribution in [3.05, 3.63) is 40.3 Å². The summed E-state index contributed by atoms with van der Waals surface area (Å²) in [5, 5.41) is 13.4. The van der Waals surface area contributed by atoms with Gasteiger partial charge in [-0.15, -0.1) is 0 Å². The van der Waals surface area contributed by atoms with Crippen LogP contribution in [0.3, 0.4) is 0 Å². The standard InChI is InChI=1S/C12H15N3O4/c1-3-19-12(17)10(14-15-13)11(16)8-4-6-9(18-2)7-5-8/h4-7,10-11,16H,3H2,1-2H3/t10-,11-/m1/s1. The van der Waals surface area contributed by atoms with E-state index in [0.29, 0.717) is 11.3 Å². The van der Waals surface area contributed by atoms with Crippen molar-refractivity contribution in [3.8, 4) is 5.75 Å². The molecule has 7 nitrogen and oxygen atoms in total. The lowest BCUT2D eigenvalue weighted by Gasteiger charge is -2.17. The second-order valence-electron chi connectivity index (χ2n) is 3.62. The van der Waals surface area contributed by atoms with Crippen LogP contribution in [-0.2, 0) is 9.53 Å². The van der Waals surface area contributed by atoms with Crippen LogP contribution >= 0.6 is 0 Å². The largest absolute Gasteiger partial charge is 0.497 e. The van der Waals surface area contributed by atoms with Crippen LogP contribution < -0.4 is 4.74 Å². The molecule has 0 amide bonds. The van der Waals surface area contributed by atoms with Gasteiger partial charge in [-0.2, -0.15) is 0 Å². The van der Waals surface area contributed by atoms with Crippen LogP contribution in [0, 0.1) is 0 Å². The van der Waals surface area contributed by atoms with Crippen molar-refractivity contribution in [2.45, 2.75) is 19.1 Å². The maximum Gasteiger partial charge on any atom is 0.317 e. The van der Waals surface area contributed by atoms with E-state index < -0.39 is 18.1 Å². The van der Waals surface area contributed by atoms with Gasteiger partial charge in [-0.05, 0) is 30.2 Å². The molecule has 0 bridgehead atoms. The lowest BCUT2D eigenvalue weighted by atomic mass is 10.0. The van der Waals surface area contributed by atoms with Crippen molar-refractivity contribution < 1.29 is 19.4 Å². The molecule has 0 heterocycles. The first-order chi connectivity index (χ1) is 9.13. The molecule has 102 valence electrons. The Hall–Kier alpha value is -2.24. The van der Waals surface area contributed by atoms with E-state index in [-0.39, 0.29) is 6.61 Å². The zero-order chi connectivity index (χ0) is 14.3. The number of ether oxygens (including phenoxy) is 2. The number of esters is 1. The van der Waals surface area contributed by atoms with Gasteiger partial charge in [0.25, 0.3) is 0 Å². The van der Waals surface area contributed by atoms with Gasteiger partial charge in [0.05, 0.1) is 19.8 Å². The van der Waals surface area contributed by atoms with Crippen LogP contribution in [-0.4, -0.2) is 30.8 Å². The molecular weight excluding hydrogens is 250 g/mol. The van der Waals surface area contributed by atoms with Gasteiger partial charge in [-0.25, -0.2) is 0 Å². The third kappa shape index (κ3) is 3.87. The maximum atomic E-state index is 11.6. The van der Waals surface area contributed by atoms with Crippen molar-refractivity contribution >= 4 is 5.97 Å². The molecule has 0 saturated carbocycles. The van der Waals surface area contributed by atoms with Gasteiger partial charge >= 0.3 is 5.97 Å². The average molecular weight is 265 g/mol. The molecule has 0 saturated heterocycles. The highest BCUT2D eigenvalue weighted by Crippen LogP contribution is 2.23. The fourth-order valence-electron chi connectivity index (χ4n) is 1.51. The lowest BCUT2D eigenvalue weighted by molar-refractivity contribution is -0.147. The molecule has 7 heteroatoms. The smallest absolute Gasteiger partial charge is 0.317 e. The van der Waals surface area contributed by atoms with E-state index in [2.05, 4.69) is 10.0 Å². The van der Waals surface area contributed by atoms with Crippen LogP contribution in [0.25, 0.3) is 10.4 Å². The monoisotopic (exact) mass is 265 g/mol. The Morgan fingerprint density at radius 2 is 2.11 bits per heavy atom. The van der Waals surface area contributed by atoms with E-state index in [1.165, 1.54) is 7.11 Å². The second kappa shape index (κ2) is 7.25. The minimum atomic E-state index is -1.31.